The van der Waals surface area contributed by atoms with Gasteiger partial charge in [0.15, 0.2) is 0 Å². The molecular formula is C11H13F4NO. The minimum Gasteiger partial charge on any atom is -0.367 e. The second kappa shape index (κ2) is 5.97. The van der Waals surface area contributed by atoms with E-state index >= 15 is 0 Å². The van der Waals surface area contributed by atoms with E-state index in [2.05, 4.69) is 10.1 Å². The van der Waals surface area contributed by atoms with Gasteiger partial charge in [-0.3, -0.25) is 0 Å². The summed E-state index contributed by atoms with van der Waals surface area (Å²) in [6.45, 7) is -1.24. The van der Waals surface area contributed by atoms with Crippen LogP contribution in [0.4, 0.5) is 17.6 Å². The smallest absolute Gasteiger partial charge is 0.367 e. The first kappa shape index (κ1) is 13.9. The summed E-state index contributed by atoms with van der Waals surface area (Å²) in [7, 11) is 1.73. The lowest BCUT2D eigenvalue weighted by atomic mass is 10.1. The molecule has 0 saturated carbocycles. The van der Waals surface area contributed by atoms with Crippen LogP contribution < -0.4 is 5.32 Å². The van der Waals surface area contributed by atoms with Crippen molar-refractivity contribution in [3.05, 3.63) is 35.1 Å². The Balaban J connectivity index is 2.60. The molecule has 1 rings (SSSR count). The van der Waals surface area contributed by atoms with Crippen molar-refractivity contribution in [1.29, 1.82) is 0 Å². The van der Waals surface area contributed by atoms with E-state index in [4.69, 9.17) is 0 Å². The zero-order valence-electron chi connectivity index (χ0n) is 9.27. The molecule has 0 unspecified atom stereocenters. The molecule has 0 aliphatic rings. The normalized spacial score (nSPS) is 11.8. The predicted molar refractivity (Wildman–Crippen MR) is 54.9 cm³/mol. The highest BCUT2D eigenvalue weighted by atomic mass is 19.4. The zero-order chi connectivity index (χ0) is 12.9. The van der Waals surface area contributed by atoms with E-state index in [1.807, 2.05) is 0 Å². The Bertz CT molecular complexity index is 365. The molecule has 1 N–H and O–H groups in total. The first-order valence-electron chi connectivity index (χ1n) is 4.99. The van der Waals surface area contributed by atoms with E-state index in [-0.39, 0.29) is 12.2 Å². The van der Waals surface area contributed by atoms with Gasteiger partial charge in [-0.15, -0.1) is 0 Å². The quantitative estimate of drug-likeness (QED) is 0.812. The van der Waals surface area contributed by atoms with Gasteiger partial charge in [-0.05, 0) is 24.7 Å². The van der Waals surface area contributed by atoms with E-state index in [1.54, 1.807) is 13.1 Å². The number of benzene rings is 1. The Kier molecular flexibility index (Phi) is 4.89. The molecule has 2 nitrogen and oxygen atoms in total. The third-order valence-corrected chi connectivity index (χ3v) is 2.01. The first-order valence-corrected chi connectivity index (χ1v) is 4.99. The molecule has 0 aliphatic heterocycles. The molecule has 0 aliphatic carbocycles. The van der Waals surface area contributed by atoms with Gasteiger partial charge < -0.3 is 10.1 Å². The zero-order valence-corrected chi connectivity index (χ0v) is 9.27. The van der Waals surface area contributed by atoms with Crippen LogP contribution in [-0.4, -0.2) is 19.8 Å². The van der Waals surface area contributed by atoms with Crippen molar-refractivity contribution >= 4 is 0 Å². The maximum atomic E-state index is 13.2. The molecule has 0 heterocycles. The number of hydrogen-bond acceptors (Lipinski definition) is 2. The molecule has 0 aromatic heterocycles. The maximum absolute atomic E-state index is 13.2. The lowest BCUT2D eigenvalue weighted by molar-refractivity contribution is -0.176. The van der Waals surface area contributed by atoms with Crippen LogP contribution >= 0.6 is 0 Å². The fraction of sp³-hybridized carbons (Fsp3) is 0.455. The number of alkyl halides is 3. The van der Waals surface area contributed by atoms with Crippen molar-refractivity contribution < 1.29 is 22.3 Å². The van der Waals surface area contributed by atoms with Crippen molar-refractivity contribution in [2.75, 3.05) is 13.7 Å². The molecule has 0 amide bonds. The maximum Gasteiger partial charge on any atom is 0.411 e. The largest absolute Gasteiger partial charge is 0.411 e. The van der Waals surface area contributed by atoms with E-state index in [0.29, 0.717) is 6.54 Å². The summed E-state index contributed by atoms with van der Waals surface area (Å²) in [5, 5.41) is 2.87. The van der Waals surface area contributed by atoms with Gasteiger partial charge in [-0.1, -0.05) is 6.07 Å². The van der Waals surface area contributed by atoms with Crippen LogP contribution in [0.3, 0.4) is 0 Å². The molecular weight excluding hydrogens is 238 g/mol. The molecule has 0 bridgehead atoms. The van der Waals surface area contributed by atoms with E-state index in [9.17, 15) is 17.6 Å². The number of nitrogens with one attached hydrogen (secondary N) is 1. The summed E-state index contributed by atoms with van der Waals surface area (Å²) < 4.78 is 53.2. The lowest BCUT2D eigenvalue weighted by Crippen LogP contribution is -2.17. The van der Waals surface area contributed by atoms with Crippen LogP contribution in [0.15, 0.2) is 18.2 Å². The van der Waals surface area contributed by atoms with E-state index in [0.717, 1.165) is 5.56 Å². The molecule has 0 spiro atoms. The van der Waals surface area contributed by atoms with Crippen molar-refractivity contribution in [2.45, 2.75) is 19.3 Å². The van der Waals surface area contributed by atoms with Crippen LogP contribution in [0.2, 0.25) is 0 Å². The van der Waals surface area contributed by atoms with Crippen molar-refractivity contribution in [1.82, 2.24) is 5.32 Å². The van der Waals surface area contributed by atoms with Crippen LogP contribution in [0.1, 0.15) is 11.1 Å². The lowest BCUT2D eigenvalue weighted by Gasteiger charge is -2.09. The molecule has 1 aromatic carbocycles. The SMILES string of the molecule is CNCc1ccc(F)c(COCC(F)(F)F)c1. The third-order valence-electron chi connectivity index (χ3n) is 2.01. The monoisotopic (exact) mass is 251 g/mol. The predicted octanol–water partition coefficient (Wildman–Crippen LogP) is 2.62. The highest BCUT2D eigenvalue weighted by Crippen LogP contribution is 2.17. The molecule has 0 fully saturated rings. The van der Waals surface area contributed by atoms with E-state index < -0.39 is 18.6 Å². The van der Waals surface area contributed by atoms with Crippen LogP contribution in [0.5, 0.6) is 0 Å². The van der Waals surface area contributed by atoms with Gasteiger partial charge in [0, 0.05) is 12.1 Å². The first-order chi connectivity index (χ1) is 7.92. The van der Waals surface area contributed by atoms with Crippen LogP contribution in [-0.2, 0) is 17.9 Å². The summed E-state index contributed by atoms with van der Waals surface area (Å²) in [5.74, 6) is -0.563. The third kappa shape index (κ3) is 5.14. The van der Waals surface area contributed by atoms with Gasteiger partial charge >= 0.3 is 6.18 Å². The standard InChI is InChI=1S/C11H13F4NO/c1-16-5-8-2-3-10(12)9(4-8)6-17-7-11(13,14)15/h2-4,16H,5-7H2,1H3. The summed E-state index contributed by atoms with van der Waals surface area (Å²) in [5.41, 5.74) is 0.918. The number of ether oxygens (including phenoxy) is 1. The van der Waals surface area contributed by atoms with Gasteiger partial charge in [0.2, 0.25) is 0 Å². The minimum absolute atomic E-state index is 0.127. The number of rotatable bonds is 5. The molecule has 1 aromatic rings. The molecule has 17 heavy (non-hydrogen) atoms. The Labute approximate surface area is 96.6 Å². The summed E-state index contributed by atoms with van der Waals surface area (Å²) >= 11 is 0. The van der Waals surface area contributed by atoms with Gasteiger partial charge in [0.05, 0.1) is 6.61 Å². The Hall–Kier alpha value is -1.14. The summed E-state index contributed by atoms with van der Waals surface area (Å²) in [4.78, 5) is 0. The van der Waals surface area contributed by atoms with Crippen molar-refractivity contribution in [3.8, 4) is 0 Å². The number of hydrogen-bond donors (Lipinski definition) is 1. The fourth-order valence-electron chi connectivity index (χ4n) is 1.33. The summed E-state index contributed by atoms with van der Waals surface area (Å²) in [6, 6.07) is 4.28. The molecule has 96 valence electrons. The second-order valence-electron chi connectivity index (χ2n) is 3.56. The topological polar surface area (TPSA) is 21.3 Å². The fourth-order valence-corrected chi connectivity index (χ4v) is 1.33. The average Bonchev–Trinajstić information content (AvgIpc) is 2.21. The van der Waals surface area contributed by atoms with E-state index in [1.165, 1.54) is 12.1 Å². The Morgan fingerprint density at radius 3 is 2.59 bits per heavy atom. The summed E-state index contributed by atoms with van der Waals surface area (Å²) in [6.07, 6.45) is -4.39. The second-order valence-corrected chi connectivity index (χ2v) is 3.56. The average molecular weight is 251 g/mol. The van der Waals surface area contributed by atoms with Gasteiger partial charge in [0.25, 0.3) is 0 Å². The van der Waals surface area contributed by atoms with Gasteiger partial charge in [-0.2, -0.15) is 13.2 Å². The van der Waals surface area contributed by atoms with Crippen LogP contribution in [0, 0.1) is 5.82 Å². The Morgan fingerprint density at radius 2 is 2.00 bits per heavy atom. The van der Waals surface area contributed by atoms with Gasteiger partial charge in [0.1, 0.15) is 12.4 Å². The van der Waals surface area contributed by atoms with Crippen molar-refractivity contribution in [3.63, 3.8) is 0 Å². The Morgan fingerprint density at radius 1 is 1.29 bits per heavy atom. The number of halogens is 4. The van der Waals surface area contributed by atoms with Crippen molar-refractivity contribution in [2.24, 2.45) is 0 Å². The highest BCUT2D eigenvalue weighted by Gasteiger charge is 2.27. The molecule has 6 heteroatoms. The highest BCUT2D eigenvalue weighted by molar-refractivity contribution is 5.24. The molecule has 0 radical (unpaired) electrons. The molecule has 0 atom stereocenters. The van der Waals surface area contributed by atoms with Gasteiger partial charge in [-0.25, -0.2) is 4.39 Å². The minimum atomic E-state index is -4.39. The molecule has 0 saturated heterocycles. The van der Waals surface area contributed by atoms with Crippen LogP contribution in [0.25, 0.3) is 0 Å².